The van der Waals surface area contributed by atoms with Crippen LogP contribution < -0.4 is 14.4 Å². The Bertz CT molecular complexity index is 1550. The number of hydrogen-bond donors (Lipinski definition) is 0. The van der Waals surface area contributed by atoms with Gasteiger partial charge in [-0.25, -0.2) is 23.9 Å². The van der Waals surface area contributed by atoms with E-state index in [2.05, 4.69) is 19.9 Å². The number of benzene rings is 1. The van der Waals surface area contributed by atoms with Crippen molar-refractivity contribution in [2.75, 3.05) is 31.6 Å². The highest BCUT2D eigenvalue weighted by Crippen LogP contribution is 2.52. The highest BCUT2D eigenvalue weighted by Gasteiger charge is 2.54. The molecule has 1 spiro atoms. The number of amides is 1. The lowest BCUT2D eigenvalue weighted by Gasteiger charge is -2.59. The summed E-state index contributed by atoms with van der Waals surface area (Å²) in [5, 5.41) is 0. The van der Waals surface area contributed by atoms with Gasteiger partial charge in [0, 0.05) is 43.2 Å². The Kier molecular flexibility index (Phi) is 7.31. The lowest BCUT2D eigenvalue weighted by atomic mass is 9.61. The van der Waals surface area contributed by atoms with Gasteiger partial charge < -0.3 is 28.7 Å². The Morgan fingerprint density at radius 1 is 1.07 bits per heavy atom. The van der Waals surface area contributed by atoms with Crippen LogP contribution in [-0.2, 0) is 22.4 Å². The number of halogens is 1. The van der Waals surface area contributed by atoms with E-state index < -0.39 is 17.4 Å². The SMILES string of the molecule is COC(=O)c1cc(F)ccc1Oc1cncnc1N1CC2(CC(Oc3ccnc4c3CN(C(=O)OC(C)(C)C)CC4)C2)C1. The standard InChI is InChI=1S/C31H34FN5O6/c1-30(2,3)43-29(39)36-10-8-23-22(15-36)25(7-9-34-23)41-20-12-31(13-20)16-37(17-31)27-26(14-33-18-35-27)42-24-6-5-19(32)11-21(24)28(38)40-4/h5-7,9,11,14,18,20H,8,10,12-13,15-17H2,1-4H3. The molecule has 12 heteroatoms. The van der Waals surface area contributed by atoms with Crippen molar-refractivity contribution in [3.8, 4) is 17.2 Å². The van der Waals surface area contributed by atoms with Crippen LogP contribution in [0.25, 0.3) is 0 Å². The van der Waals surface area contributed by atoms with Crippen LogP contribution in [0.15, 0.2) is 43.0 Å². The molecule has 0 bridgehead atoms. The van der Waals surface area contributed by atoms with E-state index in [4.69, 9.17) is 18.9 Å². The fraction of sp³-hybridized carbons (Fsp3) is 0.452. The second kappa shape index (κ2) is 11.0. The van der Waals surface area contributed by atoms with E-state index in [-0.39, 0.29) is 28.9 Å². The first-order chi connectivity index (χ1) is 20.5. The van der Waals surface area contributed by atoms with Crippen LogP contribution in [0.1, 0.15) is 55.2 Å². The number of fused-ring (bicyclic) bond motifs is 1. The van der Waals surface area contributed by atoms with E-state index in [1.54, 1.807) is 11.1 Å². The first-order valence-corrected chi connectivity index (χ1v) is 14.2. The second-order valence-electron chi connectivity index (χ2n) is 12.3. The number of esters is 1. The van der Waals surface area contributed by atoms with Gasteiger partial charge in [-0.3, -0.25) is 4.98 Å². The molecule has 43 heavy (non-hydrogen) atoms. The van der Waals surface area contributed by atoms with Crippen molar-refractivity contribution in [2.24, 2.45) is 5.41 Å². The topological polar surface area (TPSA) is 116 Å². The highest BCUT2D eigenvalue weighted by molar-refractivity contribution is 5.92. The molecule has 1 amide bonds. The van der Waals surface area contributed by atoms with Crippen molar-refractivity contribution < 1.29 is 32.9 Å². The first-order valence-electron chi connectivity index (χ1n) is 14.2. The Morgan fingerprint density at radius 2 is 1.86 bits per heavy atom. The molecule has 226 valence electrons. The molecule has 0 atom stereocenters. The smallest absolute Gasteiger partial charge is 0.410 e. The van der Waals surface area contributed by atoms with Gasteiger partial charge >= 0.3 is 12.1 Å². The summed E-state index contributed by atoms with van der Waals surface area (Å²) in [4.78, 5) is 41.7. The minimum atomic E-state index is -0.704. The number of nitrogens with zero attached hydrogens (tertiary/aromatic N) is 5. The molecule has 2 aliphatic heterocycles. The number of anilines is 1. The fourth-order valence-electron chi connectivity index (χ4n) is 5.94. The van der Waals surface area contributed by atoms with Crippen molar-refractivity contribution in [3.63, 3.8) is 0 Å². The maximum absolute atomic E-state index is 13.8. The van der Waals surface area contributed by atoms with Crippen LogP contribution in [0, 0.1) is 11.2 Å². The van der Waals surface area contributed by atoms with Crippen LogP contribution in [-0.4, -0.2) is 70.4 Å². The zero-order chi connectivity index (χ0) is 30.4. The number of aromatic nitrogens is 3. The molecular formula is C31H34FN5O6. The second-order valence-corrected chi connectivity index (χ2v) is 12.3. The van der Waals surface area contributed by atoms with Crippen molar-refractivity contribution in [3.05, 3.63) is 65.6 Å². The van der Waals surface area contributed by atoms with E-state index in [9.17, 15) is 14.0 Å². The molecule has 2 fully saturated rings. The van der Waals surface area contributed by atoms with Crippen molar-refractivity contribution >= 4 is 17.9 Å². The van der Waals surface area contributed by atoms with Crippen LogP contribution in [0.4, 0.5) is 15.0 Å². The molecule has 1 aromatic carbocycles. The number of pyridine rings is 1. The maximum atomic E-state index is 13.8. The Morgan fingerprint density at radius 3 is 2.60 bits per heavy atom. The van der Waals surface area contributed by atoms with Gasteiger partial charge in [-0.2, -0.15) is 0 Å². The largest absolute Gasteiger partial charge is 0.490 e. The van der Waals surface area contributed by atoms with Crippen LogP contribution in [0.2, 0.25) is 0 Å². The summed E-state index contributed by atoms with van der Waals surface area (Å²) in [6.45, 7) is 8.05. The monoisotopic (exact) mass is 591 g/mol. The number of rotatable bonds is 6. The van der Waals surface area contributed by atoms with Crippen LogP contribution >= 0.6 is 0 Å². The molecule has 0 unspecified atom stereocenters. The van der Waals surface area contributed by atoms with Crippen LogP contribution in [0.3, 0.4) is 0 Å². The van der Waals surface area contributed by atoms with Crippen LogP contribution in [0.5, 0.6) is 17.2 Å². The Labute approximate surface area is 248 Å². The Hall–Kier alpha value is -4.48. The fourth-order valence-corrected chi connectivity index (χ4v) is 5.94. The minimum absolute atomic E-state index is 0.0242. The summed E-state index contributed by atoms with van der Waals surface area (Å²) in [6, 6.07) is 5.55. The third-order valence-electron chi connectivity index (χ3n) is 7.91. The van der Waals surface area contributed by atoms with Gasteiger partial charge in [0.1, 0.15) is 40.9 Å². The molecular weight excluding hydrogens is 557 g/mol. The lowest BCUT2D eigenvalue weighted by Crippen LogP contribution is -2.65. The summed E-state index contributed by atoms with van der Waals surface area (Å²) < 4.78 is 36.6. The van der Waals surface area contributed by atoms with E-state index in [1.807, 2.05) is 26.8 Å². The zero-order valence-corrected chi connectivity index (χ0v) is 24.6. The molecule has 1 saturated carbocycles. The predicted octanol–water partition coefficient (Wildman–Crippen LogP) is 4.93. The predicted molar refractivity (Wildman–Crippen MR) is 153 cm³/mol. The molecule has 6 rings (SSSR count). The van der Waals surface area contributed by atoms with Gasteiger partial charge in [-0.1, -0.05) is 0 Å². The molecule has 11 nitrogen and oxygen atoms in total. The van der Waals surface area contributed by atoms with E-state index in [0.29, 0.717) is 31.1 Å². The van der Waals surface area contributed by atoms with Gasteiger partial charge in [-0.05, 0) is 57.9 Å². The third-order valence-corrected chi connectivity index (χ3v) is 7.91. The van der Waals surface area contributed by atoms with Crippen molar-refractivity contribution in [1.29, 1.82) is 0 Å². The first kappa shape index (κ1) is 28.6. The van der Waals surface area contributed by atoms with Gasteiger partial charge in [0.15, 0.2) is 11.6 Å². The molecule has 2 aromatic heterocycles. The third kappa shape index (κ3) is 5.91. The minimum Gasteiger partial charge on any atom is -0.490 e. The average molecular weight is 592 g/mol. The molecule has 4 heterocycles. The quantitative estimate of drug-likeness (QED) is 0.365. The summed E-state index contributed by atoms with van der Waals surface area (Å²) >= 11 is 0. The van der Waals surface area contributed by atoms with Gasteiger partial charge in [-0.15, -0.1) is 0 Å². The number of carbonyl (C=O) groups excluding carboxylic acids is 2. The summed E-state index contributed by atoms with van der Waals surface area (Å²) in [5.41, 5.74) is 1.40. The van der Waals surface area contributed by atoms with Gasteiger partial charge in [0.05, 0.1) is 25.5 Å². The van der Waals surface area contributed by atoms with E-state index in [1.165, 1.54) is 31.8 Å². The Balaban J connectivity index is 1.08. The van der Waals surface area contributed by atoms with E-state index in [0.717, 1.165) is 49.0 Å². The molecule has 3 aliphatic rings. The molecule has 1 aliphatic carbocycles. The van der Waals surface area contributed by atoms with Crippen molar-refractivity contribution in [1.82, 2.24) is 19.9 Å². The summed E-state index contributed by atoms with van der Waals surface area (Å²) in [6.07, 6.45) is 6.85. The summed E-state index contributed by atoms with van der Waals surface area (Å²) in [5.74, 6) is 0.597. The number of carbonyl (C=O) groups is 2. The molecule has 0 N–H and O–H groups in total. The van der Waals surface area contributed by atoms with Gasteiger partial charge in [0.2, 0.25) is 0 Å². The highest BCUT2D eigenvalue weighted by atomic mass is 19.1. The zero-order valence-electron chi connectivity index (χ0n) is 24.6. The maximum Gasteiger partial charge on any atom is 0.410 e. The normalized spacial score (nSPS) is 17.4. The molecule has 3 aromatic rings. The number of hydrogen-bond acceptors (Lipinski definition) is 10. The number of ether oxygens (including phenoxy) is 4. The lowest BCUT2D eigenvalue weighted by molar-refractivity contribution is -0.0353. The molecule has 0 radical (unpaired) electrons. The van der Waals surface area contributed by atoms with Crippen molar-refractivity contribution in [2.45, 2.75) is 58.3 Å². The summed E-state index contributed by atoms with van der Waals surface area (Å²) in [7, 11) is 1.23. The average Bonchev–Trinajstić information content (AvgIpc) is 2.93. The van der Waals surface area contributed by atoms with E-state index >= 15 is 0 Å². The van der Waals surface area contributed by atoms with Gasteiger partial charge in [0.25, 0.3) is 0 Å². The molecule has 1 saturated heterocycles. The number of methoxy groups -OCH3 is 1.